The highest BCUT2D eigenvalue weighted by Gasteiger charge is 2.43. The molecule has 0 atom stereocenters. The first-order chi connectivity index (χ1) is 13.4. The van der Waals surface area contributed by atoms with Gasteiger partial charge in [0.2, 0.25) is 0 Å². The molecule has 1 fully saturated rings. The van der Waals surface area contributed by atoms with E-state index in [1.165, 1.54) is 6.07 Å². The fourth-order valence-corrected chi connectivity index (χ4v) is 3.84. The van der Waals surface area contributed by atoms with Crippen molar-refractivity contribution in [1.29, 1.82) is 0 Å². The first-order valence-corrected chi connectivity index (χ1v) is 10.5. The van der Waals surface area contributed by atoms with Crippen molar-refractivity contribution in [2.75, 3.05) is 13.2 Å². The minimum Gasteiger partial charge on any atom is -0.493 e. The van der Waals surface area contributed by atoms with Gasteiger partial charge in [0.25, 0.3) is 0 Å². The van der Waals surface area contributed by atoms with Gasteiger partial charge in [0, 0.05) is 16.9 Å². The fourth-order valence-electron chi connectivity index (χ4n) is 2.96. The summed E-state index contributed by atoms with van der Waals surface area (Å²) < 4.78 is 36.5. The summed E-state index contributed by atoms with van der Waals surface area (Å²) in [6, 6.07) is 15.4. The van der Waals surface area contributed by atoms with E-state index in [0.717, 1.165) is 23.8 Å². The molecule has 6 nitrogen and oxygen atoms in total. The van der Waals surface area contributed by atoms with Gasteiger partial charge in [-0.15, -0.1) is 0 Å². The van der Waals surface area contributed by atoms with Crippen LogP contribution in [0.1, 0.15) is 18.4 Å². The zero-order valence-electron chi connectivity index (χ0n) is 15.5. The zero-order valence-corrected chi connectivity index (χ0v) is 16.3. The van der Waals surface area contributed by atoms with Gasteiger partial charge >= 0.3 is 10.1 Å². The van der Waals surface area contributed by atoms with E-state index in [9.17, 15) is 13.5 Å². The number of nitrogens with zero attached hydrogens (tertiary/aromatic N) is 1. The standard InChI is InChI=1S/C21H21NO5S/c1-15-10-17(26-14-21(13-23)8-9-21)12-18(11-15)27-28(24,25)20-7-6-16-4-2-3-5-19(16)22-20/h2-7,10-12,23H,8-9,13-14H2,1H3. The molecule has 0 bridgehead atoms. The molecule has 7 heteroatoms. The number of fused-ring (bicyclic) bond motifs is 1. The number of hydrogen-bond donors (Lipinski definition) is 1. The lowest BCUT2D eigenvalue weighted by Crippen LogP contribution is -2.17. The van der Waals surface area contributed by atoms with Crippen LogP contribution >= 0.6 is 0 Å². The van der Waals surface area contributed by atoms with Gasteiger partial charge in [0.15, 0.2) is 5.03 Å². The van der Waals surface area contributed by atoms with Gasteiger partial charge in [-0.3, -0.25) is 0 Å². The van der Waals surface area contributed by atoms with E-state index in [1.54, 1.807) is 36.4 Å². The van der Waals surface area contributed by atoms with Crippen LogP contribution in [0, 0.1) is 12.3 Å². The molecule has 1 heterocycles. The molecule has 1 aliphatic carbocycles. The number of aliphatic hydroxyl groups is 1. The van der Waals surface area contributed by atoms with E-state index < -0.39 is 10.1 Å². The highest BCUT2D eigenvalue weighted by atomic mass is 32.2. The SMILES string of the molecule is Cc1cc(OCC2(CO)CC2)cc(OS(=O)(=O)c2ccc3ccccc3n2)c1. The number of hydrogen-bond acceptors (Lipinski definition) is 6. The number of ether oxygens (including phenoxy) is 1. The lowest BCUT2D eigenvalue weighted by atomic mass is 10.1. The van der Waals surface area contributed by atoms with Gasteiger partial charge < -0.3 is 14.0 Å². The lowest BCUT2D eigenvalue weighted by Gasteiger charge is -2.15. The summed E-state index contributed by atoms with van der Waals surface area (Å²) in [4.78, 5) is 4.20. The van der Waals surface area contributed by atoms with Gasteiger partial charge in [-0.05, 0) is 55.7 Å². The molecule has 0 radical (unpaired) electrons. The summed E-state index contributed by atoms with van der Waals surface area (Å²) in [6.45, 7) is 2.31. The van der Waals surface area contributed by atoms with Crippen molar-refractivity contribution >= 4 is 21.0 Å². The van der Waals surface area contributed by atoms with Crippen molar-refractivity contribution in [3.05, 3.63) is 60.2 Å². The second kappa shape index (κ2) is 7.07. The van der Waals surface area contributed by atoms with Crippen molar-refractivity contribution in [3.63, 3.8) is 0 Å². The Labute approximate surface area is 163 Å². The molecule has 0 aliphatic heterocycles. The van der Waals surface area contributed by atoms with Crippen LogP contribution in [0.4, 0.5) is 0 Å². The Hall–Kier alpha value is -2.64. The first kappa shape index (κ1) is 18.7. The van der Waals surface area contributed by atoms with E-state index in [-0.39, 0.29) is 22.8 Å². The molecular weight excluding hydrogens is 378 g/mol. The smallest absolute Gasteiger partial charge is 0.356 e. The summed E-state index contributed by atoms with van der Waals surface area (Å²) in [6.07, 6.45) is 1.86. The average molecular weight is 399 g/mol. The predicted octanol–water partition coefficient (Wildman–Crippen LogP) is 3.46. The summed E-state index contributed by atoms with van der Waals surface area (Å²) in [7, 11) is -4.08. The normalized spacial score (nSPS) is 15.4. The summed E-state index contributed by atoms with van der Waals surface area (Å²) in [5.74, 6) is 0.676. The maximum Gasteiger partial charge on any atom is 0.356 e. The molecule has 0 unspecified atom stereocenters. The molecule has 1 N–H and O–H groups in total. The Morgan fingerprint density at radius 2 is 1.82 bits per heavy atom. The molecule has 2 aromatic carbocycles. The van der Waals surface area contributed by atoms with Crippen molar-refractivity contribution in [1.82, 2.24) is 4.98 Å². The molecular formula is C21H21NO5S. The van der Waals surface area contributed by atoms with Crippen LogP contribution in [-0.2, 0) is 10.1 Å². The van der Waals surface area contributed by atoms with Gasteiger partial charge in [-0.2, -0.15) is 8.42 Å². The number of aliphatic hydroxyl groups excluding tert-OH is 1. The second-order valence-corrected chi connectivity index (χ2v) is 8.80. The molecule has 0 spiro atoms. The van der Waals surface area contributed by atoms with Crippen molar-refractivity contribution < 1.29 is 22.4 Å². The average Bonchev–Trinajstić information content (AvgIpc) is 3.46. The number of rotatable bonds is 7. The van der Waals surface area contributed by atoms with Crippen molar-refractivity contribution in [3.8, 4) is 11.5 Å². The number of aryl methyl sites for hydroxylation is 1. The Bertz CT molecular complexity index is 1120. The van der Waals surface area contributed by atoms with Crippen molar-refractivity contribution in [2.45, 2.75) is 24.8 Å². The molecule has 28 heavy (non-hydrogen) atoms. The maximum absolute atomic E-state index is 12.7. The van der Waals surface area contributed by atoms with Crippen LogP contribution in [0.3, 0.4) is 0 Å². The Morgan fingerprint density at radius 3 is 2.57 bits per heavy atom. The number of para-hydroxylation sites is 1. The molecule has 1 aromatic heterocycles. The van der Waals surface area contributed by atoms with Crippen LogP contribution in [0.5, 0.6) is 11.5 Å². The number of aromatic nitrogens is 1. The topological polar surface area (TPSA) is 85.7 Å². The van der Waals surface area contributed by atoms with E-state index >= 15 is 0 Å². The van der Waals surface area contributed by atoms with Crippen LogP contribution in [0.15, 0.2) is 59.6 Å². The van der Waals surface area contributed by atoms with E-state index in [0.29, 0.717) is 17.9 Å². The summed E-state index contributed by atoms with van der Waals surface area (Å²) in [5.41, 5.74) is 1.23. The molecule has 4 rings (SSSR count). The fraction of sp³-hybridized carbons (Fsp3) is 0.286. The molecule has 1 saturated carbocycles. The van der Waals surface area contributed by atoms with Crippen LogP contribution in [0.25, 0.3) is 10.9 Å². The lowest BCUT2D eigenvalue weighted by molar-refractivity contribution is 0.146. The monoisotopic (exact) mass is 399 g/mol. The first-order valence-electron chi connectivity index (χ1n) is 9.05. The largest absolute Gasteiger partial charge is 0.493 e. The predicted molar refractivity (Wildman–Crippen MR) is 105 cm³/mol. The summed E-state index contributed by atoms with van der Waals surface area (Å²) in [5, 5.41) is 10.1. The van der Waals surface area contributed by atoms with Crippen LogP contribution < -0.4 is 8.92 Å². The maximum atomic E-state index is 12.7. The van der Waals surface area contributed by atoms with Crippen molar-refractivity contribution in [2.24, 2.45) is 5.41 Å². The van der Waals surface area contributed by atoms with Gasteiger partial charge in [0.1, 0.15) is 11.5 Å². The second-order valence-electron chi connectivity index (χ2n) is 7.31. The third-order valence-electron chi connectivity index (χ3n) is 4.90. The Kier molecular flexibility index (Phi) is 4.72. The quantitative estimate of drug-likeness (QED) is 0.613. The number of benzene rings is 2. The molecule has 146 valence electrons. The van der Waals surface area contributed by atoms with E-state index in [2.05, 4.69) is 4.98 Å². The summed E-state index contributed by atoms with van der Waals surface area (Å²) >= 11 is 0. The number of pyridine rings is 1. The highest BCUT2D eigenvalue weighted by molar-refractivity contribution is 7.87. The van der Waals surface area contributed by atoms with E-state index in [1.807, 2.05) is 19.1 Å². The van der Waals surface area contributed by atoms with Gasteiger partial charge in [-0.1, -0.05) is 18.2 Å². The zero-order chi connectivity index (χ0) is 19.8. The highest BCUT2D eigenvalue weighted by Crippen LogP contribution is 2.45. The van der Waals surface area contributed by atoms with E-state index in [4.69, 9.17) is 8.92 Å². The molecule has 1 aliphatic rings. The third kappa shape index (κ3) is 3.95. The van der Waals surface area contributed by atoms with Crippen LogP contribution in [0.2, 0.25) is 0 Å². The third-order valence-corrected chi connectivity index (χ3v) is 6.05. The van der Waals surface area contributed by atoms with Gasteiger partial charge in [-0.25, -0.2) is 4.98 Å². The minimum atomic E-state index is -4.08. The molecule has 0 amide bonds. The molecule has 3 aromatic rings. The Balaban J connectivity index is 1.56. The molecule has 0 saturated heterocycles. The minimum absolute atomic E-state index is 0.0875. The van der Waals surface area contributed by atoms with Gasteiger partial charge in [0.05, 0.1) is 18.7 Å². The Morgan fingerprint density at radius 1 is 1.07 bits per heavy atom. The van der Waals surface area contributed by atoms with Crippen LogP contribution in [-0.4, -0.2) is 31.7 Å².